The number of carboxylic acids is 1. The molecule has 0 unspecified atom stereocenters. The molecule has 4 aliphatic heterocycles. The molecule has 0 fully saturated rings. The lowest BCUT2D eigenvalue weighted by atomic mass is 10.0. The summed E-state index contributed by atoms with van der Waals surface area (Å²) in [5.41, 5.74) is 35.9. The first-order valence-corrected chi connectivity index (χ1v) is 43.2. The van der Waals surface area contributed by atoms with E-state index in [-0.39, 0.29) is 5.56 Å². The fourth-order valence-electron chi connectivity index (χ4n) is 16.8. The first-order valence-electron chi connectivity index (χ1n) is 43.2. The third-order valence-corrected chi connectivity index (χ3v) is 23.4. The molecule has 0 atom stereocenters. The number of anilines is 3. The molecule has 11 heteroatoms. The highest BCUT2D eigenvalue weighted by atomic mass is 16.4. The van der Waals surface area contributed by atoms with Crippen molar-refractivity contribution < 1.29 is 9.90 Å². The lowest BCUT2D eigenvalue weighted by Gasteiger charge is -2.26. The summed E-state index contributed by atoms with van der Waals surface area (Å²) in [7, 11) is 0. The number of aryl methyl sites for hydroxylation is 6. The molecule has 0 amide bonds. The van der Waals surface area contributed by atoms with Crippen molar-refractivity contribution in [3.05, 3.63) is 277 Å². The average Bonchev–Trinajstić information content (AvgIpc) is 1.63. The minimum absolute atomic E-state index is 0.232. The number of aromatic nitrogens is 8. The van der Waals surface area contributed by atoms with Crippen LogP contribution in [0.4, 0.5) is 17.1 Å². The third-order valence-electron chi connectivity index (χ3n) is 23.4. The number of aromatic carboxylic acids is 1. The average molecular weight is 1530 g/mol. The summed E-state index contributed by atoms with van der Waals surface area (Å²) in [4.78, 5) is 52.1. The van der Waals surface area contributed by atoms with Gasteiger partial charge in [0.05, 0.1) is 51.1 Å². The fourth-order valence-corrected chi connectivity index (χ4v) is 16.8. The quantitative estimate of drug-likeness (QED) is 0.0199. The van der Waals surface area contributed by atoms with Gasteiger partial charge < -0.3 is 29.9 Å². The lowest BCUT2D eigenvalue weighted by Crippen LogP contribution is -2.10. The molecule has 588 valence electrons. The number of benzene rings is 5. The maximum absolute atomic E-state index is 12.1. The van der Waals surface area contributed by atoms with Crippen molar-refractivity contribution in [2.24, 2.45) is 0 Å². The summed E-state index contributed by atoms with van der Waals surface area (Å²) in [6.45, 7) is 13.6. The maximum atomic E-state index is 12.1. The molecule has 0 spiro atoms. The van der Waals surface area contributed by atoms with Crippen LogP contribution in [0.3, 0.4) is 0 Å². The molecule has 5 N–H and O–H groups in total. The van der Waals surface area contributed by atoms with Crippen molar-refractivity contribution in [3.8, 4) is 22.3 Å². The molecule has 0 radical (unpaired) electrons. The van der Waals surface area contributed by atoms with Crippen molar-refractivity contribution >= 4 is 140 Å². The molecule has 16 bridgehead atoms. The van der Waals surface area contributed by atoms with Gasteiger partial charge in [-0.1, -0.05) is 216 Å². The van der Waals surface area contributed by atoms with Crippen LogP contribution in [0.5, 0.6) is 0 Å². The second kappa shape index (κ2) is 38.0. The monoisotopic (exact) mass is 1530 g/mol. The number of carboxylic acid groups (broad SMARTS) is 1. The van der Waals surface area contributed by atoms with Gasteiger partial charge in [-0.2, -0.15) is 0 Å². The molecule has 0 aliphatic carbocycles. The van der Waals surface area contributed by atoms with Gasteiger partial charge in [0.15, 0.2) is 0 Å². The van der Waals surface area contributed by atoms with E-state index < -0.39 is 5.97 Å². The van der Waals surface area contributed by atoms with E-state index in [1.807, 2.05) is 12.1 Å². The van der Waals surface area contributed by atoms with Crippen LogP contribution in [0.1, 0.15) is 269 Å². The standard InChI is InChI=1S/C105H111N9O2/c1-7-13-19-25-81-87-55-59-91(106-87)83(27-21-15-9-3)95-63-67-99(110-95)103(100-68-64-96(111-100)84(28-22-16-10-4)92-60-56-88(81)107-92)75-43-35-71(36-44-75)31-33-73-39-49-78(50-40-73)114(80-53-47-77(48-54-80)105(115)116)79-51-41-74(42-52-79)34-32-72-37-45-76(46-38-72)104-101-69-65-97(112-101)85(29-23-17-11-5)93-61-57-89(108-93)82(26-20-14-8-2)90-58-62-94(109-90)86(30-24-18-12-6)98-66-70-102(104)113-98/h31-70,106,108,111,113H,7-30H2,1-6H3,(H,115,116)/b33-31+,34-32+,87-81?,88-81?,89-82?,90-82?,91-83?,92-84?,93-85?,94-86?,95-83?,96-84?,97-85?,98-86?,103-99?,103-100?,104-101?,104-102?. The van der Waals surface area contributed by atoms with Crippen molar-refractivity contribution in [1.29, 1.82) is 0 Å². The zero-order valence-electron chi connectivity index (χ0n) is 68.7. The smallest absolute Gasteiger partial charge is 0.335 e. The summed E-state index contributed by atoms with van der Waals surface area (Å²) in [5.74, 6) is -0.963. The number of carbonyl (C=O) groups is 1. The molecular weight excluding hydrogens is 1420 g/mol. The zero-order valence-corrected chi connectivity index (χ0v) is 68.7. The number of aromatic amines is 4. The Morgan fingerprint density at radius 3 is 0.741 bits per heavy atom. The minimum atomic E-state index is -0.963. The van der Waals surface area contributed by atoms with Crippen LogP contribution in [0, 0.1) is 0 Å². The second-order valence-electron chi connectivity index (χ2n) is 31.7. The fraction of sp³-hybridized carbons (Fsp3) is 0.286. The SMILES string of the molecule is CCCCCc1c2nc(c(CCCCC)c3ccc([nH]3)c(-c3ccc(/C=C/c4ccc(N(c5ccc(/C=C/c6ccc(-c7c8nc(c(CCCCC)c9ccc([nH]9)c(CCCCC)c9nc(c(CCCCC)c%10ccc7[nH]%10)C=C9)C=C8)cc6)cc5)c5ccc(C(=O)O)cc5)cc4)cc3)c3nc(c(CCCCC)c4ccc1[nH]4)C=C3)C=C2. The Balaban J connectivity index is 0.712. The van der Waals surface area contributed by atoms with Crippen LogP contribution in [0.2, 0.25) is 0 Å². The number of hydrogen-bond donors (Lipinski definition) is 5. The molecule has 5 aromatic carbocycles. The highest BCUT2D eigenvalue weighted by Crippen LogP contribution is 2.40. The Labute approximate surface area is 685 Å². The van der Waals surface area contributed by atoms with Gasteiger partial charge in [-0.3, -0.25) is 0 Å². The van der Waals surface area contributed by atoms with E-state index in [4.69, 9.17) is 19.9 Å². The Kier molecular flexibility index (Phi) is 26.0. The molecule has 116 heavy (non-hydrogen) atoms. The molecule has 6 aromatic heterocycles. The summed E-state index contributed by atoms with van der Waals surface area (Å²) in [6.07, 6.45) is 52.7. The summed E-state index contributed by atoms with van der Waals surface area (Å²) in [6, 6.07) is 60.0. The van der Waals surface area contributed by atoms with Gasteiger partial charge in [-0.05, 0) is 256 Å². The van der Waals surface area contributed by atoms with Crippen LogP contribution in [0.25, 0.3) is 139 Å². The highest BCUT2D eigenvalue weighted by Gasteiger charge is 2.22. The van der Waals surface area contributed by atoms with Gasteiger partial charge in [0.2, 0.25) is 0 Å². The van der Waals surface area contributed by atoms with Gasteiger partial charge in [0, 0.05) is 106 Å². The predicted octanol–water partition coefficient (Wildman–Crippen LogP) is 28.9. The van der Waals surface area contributed by atoms with Crippen LogP contribution in [0.15, 0.2) is 170 Å². The molecule has 4 aliphatic rings. The Morgan fingerprint density at radius 2 is 0.491 bits per heavy atom. The summed E-state index contributed by atoms with van der Waals surface area (Å²) >= 11 is 0. The zero-order chi connectivity index (χ0) is 79.7. The second-order valence-corrected chi connectivity index (χ2v) is 31.7. The predicted molar refractivity (Wildman–Crippen MR) is 494 cm³/mol. The summed E-state index contributed by atoms with van der Waals surface area (Å²) in [5, 5.41) is 9.95. The number of unbranched alkanes of at least 4 members (excludes halogenated alkanes) is 12. The topological polar surface area (TPSA) is 155 Å². The number of nitrogens with zero attached hydrogens (tertiary/aromatic N) is 5. The first kappa shape index (κ1) is 79.3. The number of rotatable bonds is 34. The van der Waals surface area contributed by atoms with Crippen LogP contribution in [-0.4, -0.2) is 50.9 Å². The van der Waals surface area contributed by atoms with Gasteiger partial charge in [-0.25, -0.2) is 24.7 Å². The van der Waals surface area contributed by atoms with Crippen LogP contribution >= 0.6 is 0 Å². The number of nitrogens with one attached hydrogen (secondary N) is 4. The molecule has 10 heterocycles. The Hall–Kier alpha value is -12.0. The van der Waals surface area contributed by atoms with Gasteiger partial charge in [0.25, 0.3) is 0 Å². The van der Waals surface area contributed by atoms with E-state index in [0.717, 1.165) is 280 Å². The molecule has 0 saturated heterocycles. The van der Waals surface area contributed by atoms with Crippen LogP contribution < -0.4 is 4.90 Å². The Bertz CT molecular complexity index is 5520. The van der Waals surface area contributed by atoms with E-state index >= 15 is 0 Å². The van der Waals surface area contributed by atoms with Crippen LogP contribution in [-0.2, 0) is 38.5 Å². The maximum Gasteiger partial charge on any atom is 0.335 e. The van der Waals surface area contributed by atoms with E-state index in [1.165, 1.54) is 59.1 Å². The minimum Gasteiger partial charge on any atom is -0.478 e. The lowest BCUT2D eigenvalue weighted by molar-refractivity contribution is 0.0696. The van der Waals surface area contributed by atoms with Gasteiger partial charge in [0.1, 0.15) is 0 Å². The van der Waals surface area contributed by atoms with E-state index in [1.54, 1.807) is 12.1 Å². The molecule has 0 saturated carbocycles. The van der Waals surface area contributed by atoms with Gasteiger partial charge in [-0.15, -0.1) is 0 Å². The van der Waals surface area contributed by atoms with E-state index in [0.29, 0.717) is 0 Å². The first-order chi connectivity index (χ1) is 57.0. The van der Waals surface area contributed by atoms with E-state index in [2.05, 4.69) is 285 Å². The Morgan fingerprint density at radius 1 is 0.276 bits per heavy atom. The van der Waals surface area contributed by atoms with E-state index in [9.17, 15) is 9.90 Å². The van der Waals surface area contributed by atoms with Gasteiger partial charge >= 0.3 is 5.97 Å². The number of fused-ring (bicyclic) bond motifs is 16. The van der Waals surface area contributed by atoms with Crippen molar-refractivity contribution in [3.63, 3.8) is 0 Å². The number of H-pyrrole nitrogens is 4. The largest absolute Gasteiger partial charge is 0.478 e. The number of hydrogen-bond acceptors (Lipinski definition) is 6. The van der Waals surface area contributed by atoms with Crippen molar-refractivity contribution in [2.75, 3.05) is 4.90 Å². The molecule has 11 aromatic rings. The molecule has 15 rings (SSSR count). The molecule has 11 nitrogen and oxygen atoms in total. The van der Waals surface area contributed by atoms with Crippen molar-refractivity contribution in [1.82, 2.24) is 39.9 Å². The normalized spacial score (nSPS) is 12.4. The molecular formula is C105H111N9O2. The summed E-state index contributed by atoms with van der Waals surface area (Å²) < 4.78 is 0. The highest BCUT2D eigenvalue weighted by molar-refractivity contribution is 5.96. The third kappa shape index (κ3) is 18.4. The van der Waals surface area contributed by atoms with Crippen molar-refractivity contribution in [2.45, 2.75) is 196 Å².